The lowest BCUT2D eigenvalue weighted by Crippen LogP contribution is -2.13. The van der Waals surface area contributed by atoms with Gasteiger partial charge in [-0.1, -0.05) is 0 Å². The molecule has 31 heavy (non-hydrogen) atoms. The molecule has 2 aromatic heterocycles. The van der Waals surface area contributed by atoms with Gasteiger partial charge in [-0.3, -0.25) is 9.48 Å². The Bertz CT molecular complexity index is 1210. The molecule has 0 saturated heterocycles. The highest BCUT2D eigenvalue weighted by molar-refractivity contribution is 5.97. The molecule has 1 atom stereocenters. The first-order valence-electron chi connectivity index (χ1n) is 9.74. The minimum atomic E-state index is -0.669. The van der Waals surface area contributed by atoms with Gasteiger partial charge in [-0.2, -0.15) is 5.26 Å². The van der Waals surface area contributed by atoms with Gasteiger partial charge in [0.2, 0.25) is 5.88 Å². The van der Waals surface area contributed by atoms with Crippen molar-refractivity contribution in [3.63, 3.8) is 0 Å². The predicted octanol–water partition coefficient (Wildman–Crippen LogP) is 3.57. The maximum atomic E-state index is 14.0. The van der Waals surface area contributed by atoms with E-state index in [4.69, 9.17) is 15.2 Å². The fourth-order valence-electron chi connectivity index (χ4n) is 3.59. The van der Waals surface area contributed by atoms with Crippen LogP contribution in [0.25, 0.3) is 11.1 Å². The first kappa shape index (κ1) is 20.3. The summed E-state index contributed by atoms with van der Waals surface area (Å²) >= 11 is 0. The number of ketones is 1. The number of pyridine rings is 1. The van der Waals surface area contributed by atoms with Crippen molar-refractivity contribution in [1.29, 1.82) is 5.26 Å². The number of carbonyl (C=O) groups is 1. The first-order valence-corrected chi connectivity index (χ1v) is 9.74. The number of rotatable bonds is 0. The molecule has 158 valence electrons. The van der Waals surface area contributed by atoms with Gasteiger partial charge in [-0.25, -0.2) is 9.37 Å². The molecular formula is C22H20FN5O3. The molecule has 1 aromatic carbocycles. The third-order valence-electron chi connectivity index (χ3n) is 5.13. The molecule has 0 spiro atoms. The van der Waals surface area contributed by atoms with Crippen LogP contribution in [0.3, 0.4) is 0 Å². The lowest BCUT2D eigenvalue weighted by atomic mass is 9.97. The average Bonchev–Trinajstić information content (AvgIpc) is 3.07. The number of nitrogens with zero attached hydrogens (tertiary/aromatic N) is 4. The monoisotopic (exact) mass is 421 g/mol. The summed E-state index contributed by atoms with van der Waals surface area (Å²) in [4.78, 5) is 17.0. The van der Waals surface area contributed by atoms with Crippen LogP contribution in [0.1, 0.15) is 47.5 Å². The number of halogens is 1. The van der Waals surface area contributed by atoms with Crippen molar-refractivity contribution in [3.05, 3.63) is 53.1 Å². The smallest absolute Gasteiger partial charge is 0.242 e. The Morgan fingerprint density at radius 1 is 1.35 bits per heavy atom. The normalized spacial score (nSPS) is 16.2. The Labute approximate surface area is 178 Å². The van der Waals surface area contributed by atoms with E-state index in [1.165, 1.54) is 29.1 Å². The molecule has 2 bridgehead atoms. The summed E-state index contributed by atoms with van der Waals surface area (Å²) in [6, 6.07) is 7.77. The summed E-state index contributed by atoms with van der Waals surface area (Å²) in [5.74, 6) is 0.00623. The molecule has 0 fully saturated rings. The van der Waals surface area contributed by atoms with E-state index in [0.29, 0.717) is 28.7 Å². The maximum absolute atomic E-state index is 14.0. The van der Waals surface area contributed by atoms with E-state index in [1.807, 2.05) is 0 Å². The van der Waals surface area contributed by atoms with Gasteiger partial charge < -0.3 is 15.2 Å². The van der Waals surface area contributed by atoms with Crippen LogP contribution < -0.4 is 15.2 Å². The Balaban J connectivity index is 1.87. The third kappa shape index (κ3) is 3.80. The van der Waals surface area contributed by atoms with Crippen LogP contribution in [-0.2, 0) is 7.05 Å². The Morgan fingerprint density at radius 3 is 2.94 bits per heavy atom. The number of anilines is 1. The van der Waals surface area contributed by atoms with E-state index in [-0.39, 0.29) is 42.0 Å². The van der Waals surface area contributed by atoms with Crippen LogP contribution in [0.2, 0.25) is 0 Å². The predicted molar refractivity (Wildman–Crippen MR) is 110 cm³/mol. The number of nitrogens with two attached hydrogens (primary N) is 1. The molecule has 1 unspecified atom stereocenters. The SMILES string of the molecule is CC1Oc2cc(cnc2N)-c2c(nn(C)c2C#N)OCCCC(=O)c2ccc(F)cc21. The number of fused-ring (bicyclic) bond motifs is 5. The standard InChI is InChI=1S/C22H20FN5O3/c1-12-16-9-14(23)5-6-15(16)18(29)4-3-7-30-22-20(17(10-24)28(2)27-22)13-8-19(31-12)21(25)26-11-13/h5-6,8-9,11-12H,3-4,7H2,1-2H3,(H2,25,26). The summed E-state index contributed by atoms with van der Waals surface area (Å²) in [6.07, 6.45) is 1.47. The summed E-state index contributed by atoms with van der Waals surface area (Å²) in [6.45, 7) is 1.93. The molecule has 3 heterocycles. The third-order valence-corrected chi connectivity index (χ3v) is 5.13. The molecule has 0 aliphatic carbocycles. The van der Waals surface area contributed by atoms with Gasteiger partial charge in [0.05, 0.1) is 12.2 Å². The van der Waals surface area contributed by atoms with Crippen molar-refractivity contribution in [2.45, 2.75) is 25.9 Å². The zero-order chi connectivity index (χ0) is 22.1. The minimum Gasteiger partial charge on any atom is -0.482 e. The molecule has 0 saturated carbocycles. The van der Waals surface area contributed by atoms with Gasteiger partial charge in [0.1, 0.15) is 23.7 Å². The summed E-state index contributed by atoms with van der Waals surface area (Å²) in [7, 11) is 1.64. The highest BCUT2D eigenvalue weighted by Gasteiger charge is 2.24. The average molecular weight is 421 g/mol. The van der Waals surface area contributed by atoms with E-state index in [2.05, 4.69) is 16.2 Å². The molecule has 0 radical (unpaired) electrons. The molecule has 9 heteroatoms. The fourth-order valence-corrected chi connectivity index (χ4v) is 3.59. The molecular weight excluding hydrogens is 401 g/mol. The topological polar surface area (TPSA) is 116 Å². The van der Waals surface area contributed by atoms with Crippen molar-refractivity contribution in [1.82, 2.24) is 14.8 Å². The van der Waals surface area contributed by atoms with Crippen molar-refractivity contribution >= 4 is 11.6 Å². The van der Waals surface area contributed by atoms with Gasteiger partial charge in [-0.05, 0) is 37.6 Å². The Kier molecular flexibility index (Phi) is 5.29. The number of benzene rings is 1. The van der Waals surface area contributed by atoms with E-state index < -0.39 is 11.9 Å². The lowest BCUT2D eigenvalue weighted by Gasteiger charge is -2.20. The number of nitriles is 1. The van der Waals surface area contributed by atoms with Crippen molar-refractivity contribution in [3.8, 4) is 28.8 Å². The van der Waals surface area contributed by atoms with Crippen LogP contribution >= 0.6 is 0 Å². The van der Waals surface area contributed by atoms with E-state index in [1.54, 1.807) is 20.0 Å². The van der Waals surface area contributed by atoms with Crippen LogP contribution in [0, 0.1) is 17.1 Å². The highest BCUT2D eigenvalue weighted by atomic mass is 19.1. The molecule has 1 aliphatic heterocycles. The van der Waals surface area contributed by atoms with E-state index in [9.17, 15) is 14.4 Å². The summed E-state index contributed by atoms with van der Waals surface area (Å²) in [5, 5.41) is 13.9. The van der Waals surface area contributed by atoms with Crippen molar-refractivity contribution in [2.75, 3.05) is 12.3 Å². The number of Topliss-reactive ketones (excluding diaryl/α,β-unsaturated/α-hetero) is 1. The Morgan fingerprint density at radius 2 is 2.16 bits per heavy atom. The zero-order valence-corrected chi connectivity index (χ0v) is 17.1. The van der Waals surface area contributed by atoms with Crippen LogP contribution in [0.4, 0.5) is 10.2 Å². The molecule has 2 N–H and O–H groups in total. The second-order valence-electron chi connectivity index (χ2n) is 7.24. The Hall–Kier alpha value is -3.93. The van der Waals surface area contributed by atoms with Crippen LogP contribution in [0.15, 0.2) is 30.5 Å². The number of hydrogen-bond acceptors (Lipinski definition) is 7. The largest absolute Gasteiger partial charge is 0.482 e. The lowest BCUT2D eigenvalue weighted by molar-refractivity contribution is 0.0968. The molecule has 1 aliphatic rings. The second kappa shape index (κ2) is 8.07. The molecule has 0 amide bonds. The molecule has 4 rings (SSSR count). The quantitative estimate of drug-likeness (QED) is 0.590. The summed E-state index contributed by atoms with van der Waals surface area (Å²) < 4.78 is 27.2. The summed E-state index contributed by atoms with van der Waals surface area (Å²) in [5.41, 5.74) is 8.12. The first-order chi connectivity index (χ1) is 14.9. The zero-order valence-electron chi connectivity index (χ0n) is 17.1. The number of aromatic nitrogens is 3. The van der Waals surface area contributed by atoms with E-state index >= 15 is 0 Å². The minimum absolute atomic E-state index is 0.122. The number of hydrogen-bond donors (Lipinski definition) is 1. The van der Waals surface area contributed by atoms with Gasteiger partial charge >= 0.3 is 0 Å². The van der Waals surface area contributed by atoms with E-state index in [0.717, 1.165) is 0 Å². The van der Waals surface area contributed by atoms with Gasteiger partial charge in [0.15, 0.2) is 17.4 Å². The van der Waals surface area contributed by atoms with Crippen LogP contribution in [-0.4, -0.2) is 27.2 Å². The molecule has 8 nitrogen and oxygen atoms in total. The highest BCUT2D eigenvalue weighted by Crippen LogP contribution is 2.37. The number of aryl methyl sites for hydroxylation is 1. The van der Waals surface area contributed by atoms with Crippen LogP contribution in [0.5, 0.6) is 11.6 Å². The second-order valence-corrected chi connectivity index (χ2v) is 7.24. The number of carbonyl (C=O) groups excluding carboxylic acids is 1. The van der Waals surface area contributed by atoms with Crippen molar-refractivity contribution < 1.29 is 18.7 Å². The maximum Gasteiger partial charge on any atom is 0.242 e. The number of ether oxygens (including phenoxy) is 2. The van der Waals surface area contributed by atoms with Crippen molar-refractivity contribution in [2.24, 2.45) is 7.05 Å². The fraction of sp³-hybridized carbons (Fsp3) is 0.273. The van der Waals surface area contributed by atoms with Gasteiger partial charge in [-0.15, -0.1) is 5.10 Å². The molecule has 3 aromatic rings. The van der Waals surface area contributed by atoms with Gasteiger partial charge in [0, 0.05) is 36.4 Å². The van der Waals surface area contributed by atoms with Gasteiger partial charge in [0.25, 0.3) is 0 Å². The number of nitrogen functional groups attached to an aromatic ring is 1.